The summed E-state index contributed by atoms with van der Waals surface area (Å²) in [4.78, 5) is 2.37. The summed E-state index contributed by atoms with van der Waals surface area (Å²) in [6.45, 7) is 0. The molecule has 0 saturated heterocycles. The molecule has 0 atom stereocenters. The Labute approximate surface area is 306 Å². The lowest BCUT2D eigenvalue weighted by atomic mass is 9.97. The van der Waals surface area contributed by atoms with Gasteiger partial charge in [0.25, 0.3) is 0 Å². The van der Waals surface area contributed by atoms with Crippen molar-refractivity contribution in [3.63, 3.8) is 0 Å². The van der Waals surface area contributed by atoms with Gasteiger partial charge in [-0.2, -0.15) is 0 Å². The molecule has 0 aliphatic carbocycles. The number of fused-ring (bicyclic) bond motifs is 9. The zero-order valence-electron chi connectivity index (χ0n) is 28.8. The summed E-state index contributed by atoms with van der Waals surface area (Å²) in [7, 11) is 0. The van der Waals surface area contributed by atoms with Crippen LogP contribution in [0.25, 0.3) is 82.1 Å². The Bertz CT molecular complexity index is 3170. The van der Waals surface area contributed by atoms with E-state index in [2.05, 4.69) is 204 Å². The molecule has 0 aliphatic rings. The largest absolute Gasteiger partial charge is 0.455 e. The number of rotatable bonds is 5. The monoisotopic (exact) mass is 676 g/mol. The highest BCUT2D eigenvalue weighted by molar-refractivity contribution is 6.22. The van der Waals surface area contributed by atoms with Gasteiger partial charge in [0.2, 0.25) is 0 Å². The van der Waals surface area contributed by atoms with E-state index in [1.807, 2.05) is 0 Å². The van der Waals surface area contributed by atoms with E-state index < -0.39 is 0 Å². The summed E-state index contributed by atoms with van der Waals surface area (Å²) < 4.78 is 9.27. The molecule has 0 aliphatic heterocycles. The highest BCUT2D eigenvalue weighted by Crippen LogP contribution is 2.46. The molecule has 2 aromatic heterocycles. The van der Waals surface area contributed by atoms with Crippen LogP contribution in [0.3, 0.4) is 0 Å². The minimum atomic E-state index is 0.885. The van der Waals surface area contributed by atoms with E-state index in [1.54, 1.807) is 0 Å². The number of benzene rings is 9. The quantitative estimate of drug-likeness (QED) is 0.181. The van der Waals surface area contributed by atoms with Gasteiger partial charge in [0.15, 0.2) is 0 Å². The van der Waals surface area contributed by atoms with E-state index in [4.69, 9.17) is 4.42 Å². The Balaban J connectivity index is 1.23. The molecule has 0 bridgehead atoms. The minimum Gasteiger partial charge on any atom is -0.455 e. The number of anilines is 3. The second kappa shape index (κ2) is 11.7. The van der Waals surface area contributed by atoms with E-state index in [9.17, 15) is 0 Å². The van der Waals surface area contributed by atoms with E-state index >= 15 is 0 Å². The van der Waals surface area contributed by atoms with Gasteiger partial charge < -0.3 is 13.9 Å². The molecule has 11 rings (SSSR count). The standard InChI is InChI=1S/C50H32N2O/c1-3-16-37(17-4-1)51(39-26-23-33-13-7-8-15-35(33)29-39)40-31-43(50-45(32-40)49-41-20-10-9-14-34(41)25-28-48(49)53-50)36-24-27-47-44(30-36)42-21-11-12-22-46(42)52(47)38-18-5-2-6-19-38/h1-32H. The Hall–Kier alpha value is -7.10. The smallest absolute Gasteiger partial charge is 0.143 e. The van der Waals surface area contributed by atoms with Gasteiger partial charge in [0, 0.05) is 49.9 Å². The van der Waals surface area contributed by atoms with Crippen molar-refractivity contribution in [2.75, 3.05) is 4.90 Å². The van der Waals surface area contributed by atoms with Crippen LogP contribution in [0.2, 0.25) is 0 Å². The van der Waals surface area contributed by atoms with E-state index in [1.165, 1.54) is 43.4 Å². The normalized spacial score (nSPS) is 11.8. The lowest BCUT2D eigenvalue weighted by Crippen LogP contribution is -2.10. The van der Waals surface area contributed by atoms with Crippen molar-refractivity contribution < 1.29 is 4.42 Å². The summed E-state index contributed by atoms with van der Waals surface area (Å²) >= 11 is 0. The van der Waals surface area contributed by atoms with Crippen LogP contribution in [0, 0.1) is 0 Å². The van der Waals surface area contributed by atoms with E-state index in [0.29, 0.717) is 0 Å². The summed E-state index contributed by atoms with van der Waals surface area (Å²) in [6.07, 6.45) is 0. The first-order valence-electron chi connectivity index (χ1n) is 18.1. The van der Waals surface area contributed by atoms with E-state index in [-0.39, 0.29) is 0 Å². The molecule has 2 heterocycles. The third kappa shape index (κ3) is 4.68. The number of aromatic nitrogens is 1. The minimum absolute atomic E-state index is 0.885. The van der Waals surface area contributed by atoms with Gasteiger partial charge >= 0.3 is 0 Å². The summed E-state index contributed by atoms with van der Waals surface area (Å²) in [5.41, 5.74) is 10.7. The Morgan fingerprint density at radius 2 is 1.08 bits per heavy atom. The van der Waals surface area contributed by atoms with Crippen molar-refractivity contribution in [1.82, 2.24) is 4.57 Å². The summed E-state index contributed by atoms with van der Waals surface area (Å²) in [5, 5.41) is 9.45. The predicted molar refractivity (Wildman–Crippen MR) is 223 cm³/mol. The van der Waals surface area contributed by atoms with Crippen LogP contribution in [-0.2, 0) is 0 Å². The number of hydrogen-bond acceptors (Lipinski definition) is 2. The maximum Gasteiger partial charge on any atom is 0.143 e. The molecule has 248 valence electrons. The first-order valence-corrected chi connectivity index (χ1v) is 18.1. The van der Waals surface area contributed by atoms with Crippen molar-refractivity contribution in [3.05, 3.63) is 194 Å². The van der Waals surface area contributed by atoms with Gasteiger partial charge in [-0.1, -0.05) is 121 Å². The first kappa shape index (κ1) is 29.6. The molecule has 0 fully saturated rings. The second-order valence-corrected chi connectivity index (χ2v) is 13.8. The van der Waals surface area contributed by atoms with Gasteiger partial charge in [-0.25, -0.2) is 0 Å². The fourth-order valence-corrected chi connectivity index (χ4v) is 8.31. The SMILES string of the molecule is c1ccc(N(c2ccc3ccccc3c2)c2cc(-c3ccc4c(c3)c3ccccc3n4-c3ccccc3)c3oc4ccc5ccccc5c4c3c2)cc1. The Kier molecular flexibility index (Phi) is 6.55. The van der Waals surface area contributed by atoms with Crippen molar-refractivity contribution in [2.45, 2.75) is 0 Å². The van der Waals surface area contributed by atoms with Gasteiger partial charge in [-0.3, -0.25) is 0 Å². The zero-order valence-corrected chi connectivity index (χ0v) is 28.8. The van der Waals surface area contributed by atoms with Crippen LogP contribution in [-0.4, -0.2) is 4.57 Å². The van der Waals surface area contributed by atoms with Gasteiger partial charge in [-0.05, 0) is 99.9 Å². The molecule has 0 unspecified atom stereocenters. The maximum absolute atomic E-state index is 6.90. The average molecular weight is 677 g/mol. The molecule has 53 heavy (non-hydrogen) atoms. The molecule has 9 aromatic carbocycles. The lowest BCUT2D eigenvalue weighted by Gasteiger charge is -2.26. The lowest BCUT2D eigenvalue weighted by molar-refractivity contribution is 0.670. The van der Waals surface area contributed by atoms with Crippen LogP contribution in [0.5, 0.6) is 0 Å². The number of furan rings is 1. The third-order valence-electron chi connectivity index (χ3n) is 10.7. The summed E-state index contributed by atoms with van der Waals surface area (Å²) in [6, 6.07) is 69.7. The van der Waals surface area contributed by atoms with Crippen molar-refractivity contribution in [1.29, 1.82) is 0 Å². The molecule has 0 N–H and O–H groups in total. The van der Waals surface area contributed by atoms with Crippen molar-refractivity contribution in [2.24, 2.45) is 0 Å². The topological polar surface area (TPSA) is 21.3 Å². The average Bonchev–Trinajstić information content (AvgIpc) is 3.77. The maximum atomic E-state index is 6.90. The molecule has 11 aromatic rings. The number of nitrogens with zero attached hydrogens (tertiary/aromatic N) is 2. The number of para-hydroxylation sites is 3. The molecule has 3 nitrogen and oxygen atoms in total. The first-order chi connectivity index (χ1) is 26.3. The second-order valence-electron chi connectivity index (χ2n) is 13.8. The van der Waals surface area contributed by atoms with Gasteiger partial charge in [0.1, 0.15) is 11.2 Å². The fraction of sp³-hybridized carbons (Fsp3) is 0. The molecular weight excluding hydrogens is 645 g/mol. The van der Waals surface area contributed by atoms with Crippen molar-refractivity contribution in [3.8, 4) is 16.8 Å². The van der Waals surface area contributed by atoms with Crippen LogP contribution >= 0.6 is 0 Å². The molecular formula is C50H32N2O. The van der Waals surface area contributed by atoms with Gasteiger partial charge in [0.05, 0.1) is 11.0 Å². The third-order valence-corrected chi connectivity index (χ3v) is 10.7. The van der Waals surface area contributed by atoms with Crippen LogP contribution in [0.1, 0.15) is 0 Å². The van der Waals surface area contributed by atoms with Crippen molar-refractivity contribution >= 4 is 82.4 Å². The molecule has 3 heteroatoms. The number of hydrogen-bond donors (Lipinski definition) is 0. The molecule has 0 saturated carbocycles. The molecule has 0 amide bonds. The zero-order chi connectivity index (χ0) is 34.9. The highest BCUT2D eigenvalue weighted by Gasteiger charge is 2.22. The van der Waals surface area contributed by atoms with Gasteiger partial charge in [-0.15, -0.1) is 0 Å². The fourth-order valence-electron chi connectivity index (χ4n) is 8.31. The van der Waals surface area contributed by atoms with Crippen LogP contribution < -0.4 is 4.90 Å². The van der Waals surface area contributed by atoms with Crippen LogP contribution in [0.4, 0.5) is 17.1 Å². The summed E-state index contributed by atoms with van der Waals surface area (Å²) in [5.74, 6) is 0. The molecule has 0 radical (unpaired) electrons. The Morgan fingerprint density at radius 3 is 1.92 bits per heavy atom. The van der Waals surface area contributed by atoms with E-state index in [0.717, 1.165) is 55.8 Å². The molecule has 0 spiro atoms. The predicted octanol–water partition coefficient (Wildman–Crippen LogP) is 14.1. The van der Waals surface area contributed by atoms with Crippen LogP contribution in [0.15, 0.2) is 199 Å². The highest BCUT2D eigenvalue weighted by atomic mass is 16.3. The Morgan fingerprint density at radius 1 is 0.396 bits per heavy atom.